The van der Waals surface area contributed by atoms with Gasteiger partial charge in [-0.25, -0.2) is 19.9 Å². The van der Waals surface area contributed by atoms with E-state index in [2.05, 4.69) is 47.0 Å². The van der Waals surface area contributed by atoms with Crippen molar-refractivity contribution >= 4 is 45.2 Å². The monoisotopic (exact) mass is 412 g/mol. The minimum absolute atomic E-state index is 0.199. The first-order valence-corrected chi connectivity index (χ1v) is 9.96. The molecule has 3 aromatic heterocycles. The summed E-state index contributed by atoms with van der Waals surface area (Å²) in [5.74, 6) is 1.22. The summed E-state index contributed by atoms with van der Waals surface area (Å²) < 4.78 is 0. The Morgan fingerprint density at radius 3 is 3.00 bits per heavy atom. The van der Waals surface area contributed by atoms with E-state index in [-0.39, 0.29) is 11.9 Å². The fourth-order valence-corrected chi connectivity index (χ4v) is 3.76. The Morgan fingerprint density at radius 2 is 2.10 bits per heavy atom. The van der Waals surface area contributed by atoms with Crippen molar-refractivity contribution in [3.63, 3.8) is 0 Å². The Hall–Kier alpha value is -4.14. The number of aromatic nitrogens is 5. The highest BCUT2D eigenvalue weighted by Crippen LogP contribution is 2.28. The van der Waals surface area contributed by atoms with Gasteiger partial charge in [0.2, 0.25) is 11.9 Å². The van der Waals surface area contributed by atoms with E-state index in [1.807, 2.05) is 24.3 Å². The first kappa shape index (κ1) is 18.9. The van der Waals surface area contributed by atoms with Crippen LogP contribution in [0.3, 0.4) is 0 Å². The zero-order valence-electron chi connectivity index (χ0n) is 16.7. The number of benzene rings is 1. The zero-order valence-corrected chi connectivity index (χ0v) is 16.7. The molecule has 1 aliphatic rings. The van der Waals surface area contributed by atoms with Gasteiger partial charge >= 0.3 is 0 Å². The highest BCUT2D eigenvalue weighted by Gasteiger charge is 2.25. The molecule has 154 valence electrons. The van der Waals surface area contributed by atoms with Crippen LogP contribution in [-0.4, -0.2) is 50.0 Å². The molecule has 0 saturated carbocycles. The second-order valence-corrected chi connectivity index (χ2v) is 7.33. The first-order chi connectivity index (χ1) is 15.2. The largest absolute Gasteiger partial charge is 0.354 e. The Bertz CT molecular complexity index is 1290. The number of carbonyl (C=O) groups excluding carboxylic acids is 1. The van der Waals surface area contributed by atoms with Crippen LogP contribution in [0.2, 0.25) is 0 Å². The van der Waals surface area contributed by atoms with Crippen LogP contribution in [0.4, 0.5) is 17.5 Å². The van der Waals surface area contributed by atoms with Crippen LogP contribution in [0.15, 0.2) is 61.8 Å². The second-order valence-electron chi connectivity index (χ2n) is 7.33. The number of hydrogen-bond donors (Lipinski definition) is 2. The third kappa shape index (κ3) is 3.85. The molecule has 0 radical (unpaired) electrons. The van der Waals surface area contributed by atoms with Crippen molar-refractivity contribution in [3.8, 4) is 0 Å². The van der Waals surface area contributed by atoms with Crippen LogP contribution in [0.5, 0.6) is 0 Å². The number of anilines is 3. The highest BCUT2D eigenvalue weighted by atomic mass is 16.1. The van der Waals surface area contributed by atoms with Crippen molar-refractivity contribution in [2.45, 2.75) is 12.5 Å². The van der Waals surface area contributed by atoms with Crippen molar-refractivity contribution < 1.29 is 4.79 Å². The fraction of sp³-hybridized carbons (Fsp3) is 0.182. The topological polar surface area (TPSA) is 109 Å². The van der Waals surface area contributed by atoms with Gasteiger partial charge in [0.25, 0.3) is 0 Å². The number of carbonyl (C=O) groups is 1. The van der Waals surface area contributed by atoms with Gasteiger partial charge in [0.1, 0.15) is 12.1 Å². The second kappa shape index (κ2) is 7.94. The molecule has 1 fully saturated rings. The minimum atomic E-state index is -0.256. The Kier molecular flexibility index (Phi) is 4.83. The molecule has 31 heavy (non-hydrogen) atoms. The van der Waals surface area contributed by atoms with Gasteiger partial charge in [-0.2, -0.15) is 0 Å². The average molecular weight is 412 g/mol. The minimum Gasteiger partial charge on any atom is -0.354 e. The summed E-state index contributed by atoms with van der Waals surface area (Å²) in [6, 6.07) is 7.71. The number of fused-ring (bicyclic) bond motifs is 2. The molecule has 5 rings (SSSR count). The standard InChI is InChI=1S/C22H20N8O/c1-2-20(31)27-15-3-4-17-18(9-15)25-13-26-21(17)30-8-6-16(12-30)28-22-24-10-14-5-7-23-11-19(14)29-22/h2-5,7,9-11,13,16H,1,6,8,12H2,(H,27,31)(H,24,28,29)/t16-/m1/s1. The molecule has 9 heteroatoms. The van der Waals surface area contributed by atoms with E-state index in [1.165, 1.54) is 6.08 Å². The number of pyridine rings is 1. The lowest BCUT2D eigenvalue weighted by Gasteiger charge is -2.19. The molecular formula is C22H20N8O. The summed E-state index contributed by atoms with van der Waals surface area (Å²) in [6.45, 7) is 5.10. The molecule has 0 unspecified atom stereocenters. The van der Waals surface area contributed by atoms with Crippen LogP contribution in [0.25, 0.3) is 21.8 Å². The van der Waals surface area contributed by atoms with Gasteiger partial charge in [0, 0.05) is 48.0 Å². The molecule has 1 aliphatic heterocycles. The Morgan fingerprint density at radius 1 is 1.16 bits per heavy atom. The third-order valence-electron chi connectivity index (χ3n) is 5.27. The zero-order chi connectivity index (χ0) is 21.2. The van der Waals surface area contributed by atoms with Crippen molar-refractivity contribution in [1.82, 2.24) is 24.9 Å². The molecule has 4 heterocycles. The summed E-state index contributed by atoms with van der Waals surface area (Å²) >= 11 is 0. The highest BCUT2D eigenvalue weighted by molar-refractivity contribution is 6.01. The molecule has 4 aromatic rings. The van der Waals surface area contributed by atoms with E-state index in [0.29, 0.717) is 11.6 Å². The van der Waals surface area contributed by atoms with Crippen molar-refractivity contribution in [1.29, 1.82) is 0 Å². The predicted molar refractivity (Wildman–Crippen MR) is 120 cm³/mol. The Labute approximate surface area is 178 Å². The van der Waals surface area contributed by atoms with Gasteiger partial charge in [0.05, 0.1) is 17.2 Å². The number of hydrogen-bond acceptors (Lipinski definition) is 8. The lowest BCUT2D eigenvalue weighted by atomic mass is 10.2. The summed E-state index contributed by atoms with van der Waals surface area (Å²) in [4.78, 5) is 35.8. The van der Waals surface area contributed by atoms with Crippen LogP contribution in [0, 0.1) is 0 Å². The van der Waals surface area contributed by atoms with E-state index in [9.17, 15) is 4.79 Å². The fourth-order valence-electron chi connectivity index (χ4n) is 3.76. The quantitative estimate of drug-likeness (QED) is 0.482. The normalized spacial score (nSPS) is 15.9. The van der Waals surface area contributed by atoms with Gasteiger partial charge < -0.3 is 15.5 Å². The molecule has 9 nitrogen and oxygen atoms in total. The predicted octanol–water partition coefficient (Wildman–Crippen LogP) is 2.78. The Balaban J connectivity index is 1.33. The molecule has 2 N–H and O–H groups in total. The molecule has 1 atom stereocenters. The molecular weight excluding hydrogens is 392 g/mol. The van der Waals surface area contributed by atoms with E-state index in [0.717, 1.165) is 47.1 Å². The van der Waals surface area contributed by atoms with Gasteiger partial charge in [0.15, 0.2) is 0 Å². The summed E-state index contributed by atoms with van der Waals surface area (Å²) in [7, 11) is 0. The van der Waals surface area contributed by atoms with Gasteiger partial charge in [-0.15, -0.1) is 0 Å². The van der Waals surface area contributed by atoms with Gasteiger partial charge in [-0.3, -0.25) is 9.78 Å². The van der Waals surface area contributed by atoms with Crippen LogP contribution < -0.4 is 15.5 Å². The number of nitrogens with one attached hydrogen (secondary N) is 2. The van der Waals surface area contributed by atoms with Crippen molar-refractivity contribution in [3.05, 3.63) is 61.8 Å². The maximum Gasteiger partial charge on any atom is 0.247 e. The average Bonchev–Trinajstić information content (AvgIpc) is 3.26. The molecule has 1 amide bonds. The summed E-state index contributed by atoms with van der Waals surface area (Å²) in [5, 5.41) is 8.09. The van der Waals surface area contributed by atoms with E-state index >= 15 is 0 Å². The number of nitrogens with zero attached hydrogens (tertiary/aromatic N) is 6. The molecule has 1 aromatic carbocycles. The maximum absolute atomic E-state index is 11.6. The molecule has 0 aliphatic carbocycles. The lowest BCUT2D eigenvalue weighted by molar-refractivity contribution is -0.111. The van der Waals surface area contributed by atoms with E-state index < -0.39 is 0 Å². The van der Waals surface area contributed by atoms with Crippen LogP contribution in [-0.2, 0) is 4.79 Å². The number of amides is 1. The van der Waals surface area contributed by atoms with Crippen LogP contribution >= 0.6 is 0 Å². The number of rotatable bonds is 5. The summed E-state index contributed by atoms with van der Waals surface area (Å²) in [6.07, 6.45) is 9.00. The SMILES string of the molecule is C=CC(=O)Nc1ccc2c(N3CC[C@@H](Nc4ncc5ccncc5n4)C3)ncnc2c1. The third-order valence-corrected chi connectivity index (χ3v) is 5.27. The molecule has 0 spiro atoms. The first-order valence-electron chi connectivity index (χ1n) is 9.96. The van der Waals surface area contributed by atoms with Gasteiger partial charge in [-0.05, 0) is 36.8 Å². The van der Waals surface area contributed by atoms with E-state index in [1.54, 1.807) is 24.9 Å². The maximum atomic E-state index is 11.6. The van der Waals surface area contributed by atoms with E-state index in [4.69, 9.17) is 0 Å². The van der Waals surface area contributed by atoms with Crippen LogP contribution in [0.1, 0.15) is 6.42 Å². The molecule has 0 bridgehead atoms. The van der Waals surface area contributed by atoms with Crippen molar-refractivity contribution in [2.75, 3.05) is 28.6 Å². The lowest BCUT2D eigenvalue weighted by Crippen LogP contribution is -2.27. The van der Waals surface area contributed by atoms with Gasteiger partial charge in [-0.1, -0.05) is 6.58 Å². The summed E-state index contributed by atoms with van der Waals surface area (Å²) in [5.41, 5.74) is 2.26. The smallest absolute Gasteiger partial charge is 0.247 e. The molecule has 1 saturated heterocycles. The van der Waals surface area contributed by atoms with Crippen molar-refractivity contribution in [2.24, 2.45) is 0 Å².